The van der Waals surface area contributed by atoms with E-state index >= 15 is 0 Å². The summed E-state index contributed by atoms with van der Waals surface area (Å²) in [6.45, 7) is 3.37. The van der Waals surface area contributed by atoms with E-state index in [0.29, 0.717) is 23.7 Å². The van der Waals surface area contributed by atoms with Crippen molar-refractivity contribution in [3.8, 4) is 11.8 Å². The minimum atomic E-state index is 0.283. The van der Waals surface area contributed by atoms with Crippen molar-refractivity contribution in [3.63, 3.8) is 0 Å². The summed E-state index contributed by atoms with van der Waals surface area (Å²) in [5.41, 5.74) is 2.57. The van der Waals surface area contributed by atoms with Crippen LogP contribution in [0.5, 0.6) is 0 Å². The summed E-state index contributed by atoms with van der Waals surface area (Å²) >= 11 is 0. The fourth-order valence-electron chi connectivity index (χ4n) is 3.90. The summed E-state index contributed by atoms with van der Waals surface area (Å²) in [4.78, 5) is 17.3. The van der Waals surface area contributed by atoms with Gasteiger partial charge in [-0.1, -0.05) is 0 Å². The SMILES string of the molecule is CC1C(N(C)C)CCN1c1ccc(-n2cnc(Nc3cnc(C#N)cn3)c2)cc1. The maximum atomic E-state index is 8.79. The molecule has 1 fully saturated rings. The standard InChI is InChI=1S/C21H24N8/c1-15-19(27(2)3)8-9-29(15)18-6-4-17(5-7-18)28-13-21(25-14-28)26-20-12-23-16(10-22)11-24-20/h4-7,11-15,19H,8-9H2,1-3H3,(H,24,26). The van der Waals surface area contributed by atoms with Crippen LogP contribution in [0, 0.1) is 11.3 Å². The van der Waals surface area contributed by atoms with Crippen molar-refractivity contribution in [1.29, 1.82) is 5.26 Å². The van der Waals surface area contributed by atoms with Gasteiger partial charge in [0.1, 0.15) is 24.0 Å². The van der Waals surface area contributed by atoms with E-state index < -0.39 is 0 Å². The Bertz CT molecular complexity index is 1000. The van der Waals surface area contributed by atoms with Gasteiger partial charge in [0.15, 0.2) is 5.69 Å². The zero-order valence-corrected chi connectivity index (χ0v) is 16.8. The number of hydrogen-bond donors (Lipinski definition) is 1. The number of likely N-dealkylation sites (N-methyl/N-ethyl adjacent to an activating group) is 1. The summed E-state index contributed by atoms with van der Waals surface area (Å²) in [6.07, 6.45) is 7.79. The van der Waals surface area contributed by atoms with Gasteiger partial charge in [-0.25, -0.2) is 15.0 Å². The lowest BCUT2D eigenvalue weighted by Crippen LogP contribution is -2.39. The quantitative estimate of drug-likeness (QED) is 0.719. The van der Waals surface area contributed by atoms with Gasteiger partial charge in [0, 0.05) is 30.0 Å². The second-order valence-corrected chi connectivity index (χ2v) is 7.46. The van der Waals surface area contributed by atoms with Gasteiger partial charge in [-0.2, -0.15) is 5.26 Å². The Morgan fingerprint density at radius 2 is 1.83 bits per heavy atom. The van der Waals surface area contributed by atoms with Crippen LogP contribution < -0.4 is 10.2 Å². The highest BCUT2D eigenvalue weighted by molar-refractivity contribution is 5.55. The fourth-order valence-corrected chi connectivity index (χ4v) is 3.90. The van der Waals surface area contributed by atoms with E-state index in [9.17, 15) is 0 Å². The van der Waals surface area contributed by atoms with Crippen LogP contribution in [-0.2, 0) is 0 Å². The van der Waals surface area contributed by atoms with Crippen LogP contribution in [0.15, 0.2) is 49.2 Å². The van der Waals surface area contributed by atoms with Crippen molar-refractivity contribution in [2.24, 2.45) is 0 Å². The Morgan fingerprint density at radius 1 is 1.07 bits per heavy atom. The smallest absolute Gasteiger partial charge is 0.158 e. The summed E-state index contributed by atoms with van der Waals surface area (Å²) in [6, 6.07) is 11.6. The fraction of sp³-hybridized carbons (Fsp3) is 0.333. The average Bonchev–Trinajstić information content (AvgIpc) is 3.35. The average molecular weight is 388 g/mol. The summed E-state index contributed by atoms with van der Waals surface area (Å²) in [7, 11) is 4.31. The topological polar surface area (TPSA) is 85.9 Å². The molecule has 4 rings (SSSR count). The van der Waals surface area contributed by atoms with Gasteiger partial charge in [0.2, 0.25) is 0 Å². The molecule has 0 amide bonds. The largest absolute Gasteiger partial charge is 0.367 e. The van der Waals surface area contributed by atoms with Gasteiger partial charge < -0.3 is 19.7 Å². The molecule has 3 heterocycles. The van der Waals surface area contributed by atoms with Crippen LogP contribution in [0.2, 0.25) is 0 Å². The van der Waals surface area contributed by atoms with Crippen LogP contribution in [0.4, 0.5) is 17.3 Å². The number of benzene rings is 1. The number of rotatable bonds is 5. The van der Waals surface area contributed by atoms with Gasteiger partial charge in [-0.3, -0.25) is 0 Å². The molecule has 1 aromatic carbocycles. The van der Waals surface area contributed by atoms with E-state index in [1.165, 1.54) is 24.5 Å². The van der Waals surface area contributed by atoms with Crippen molar-refractivity contribution in [1.82, 2.24) is 24.4 Å². The molecular formula is C21H24N8. The highest BCUT2D eigenvalue weighted by Crippen LogP contribution is 2.28. The van der Waals surface area contributed by atoms with Gasteiger partial charge >= 0.3 is 0 Å². The molecule has 3 aromatic rings. The van der Waals surface area contributed by atoms with E-state index in [2.05, 4.69) is 75.4 Å². The minimum absolute atomic E-state index is 0.283. The zero-order valence-electron chi connectivity index (χ0n) is 16.8. The molecule has 2 unspecified atom stereocenters. The predicted octanol–water partition coefficient (Wildman–Crippen LogP) is 2.81. The highest BCUT2D eigenvalue weighted by atomic mass is 15.3. The van der Waals surface area contributed by atoms with Gasteiger partial charge in [-0.15, -0.1) is 0 Å². The lowest BCUT2D eigenvalue weighted by atomic mass is 10.1. The molecule has 0 spiro atoms. The Kier molecular flexibility index (Phi) is 5.14. The number of nitrogens with zero attached hydrogens (tertiary/aromatic N) is 7. The Balaban J connectivity index is 1.45. The molecule has 1 N–H and O–H groups in total. The Morgan fingerprint density at radius 3 is 2.45 bits per heavy atom. The van der Waals surface area contributed by atoms with Crippen molar-refractivity contribution in [3.05, 3.63) is 54.9 Å². The first-order valence-electron chi connectivity index (χ1n) is 9.62. The number of imidazole rings is 1. The van der Waals surface area contributed by atoms with E-state index in [1.807, 2.05) is 16.8 Å². The molecule has 29 heavy (non-hydrogen) atoms. The molecule has 0 saturated carbocycles. The second-order valence-electron chi connectivity index (χ2n) is 7.46. The van der Waals surface area contributed by atoms with E-state index in [4.69, 9.17) is 5.26 Å². The number of anilines is 3. The Hall–Kier alpha value is -3.44. The van der Waals surface area contributed by atoms with Crippen LogP contribution in [0.3, 0.4) is 0 Å². The maximum absolute atomic E-state index is 8.79. The molecule has 148 valence electrons. The van der Waals surface area contributed by atoms with Gasteiger partial charge in [0.05, 0.1) is 18.6 Å². The van der Waals surface area contributed by atoms with Gasteiger partial charge in [0.25, 0.3) is 0 Å². The van der Waals surface area contributed by atoms with E-state index in [0.717, 1.165) is 12.2 Å². The van der Waals surface area contributed by atoms with Crippen molar-refractivity contribution in [2.75, 3.05) is 30.9 Å². The van der Waals surface area contributed by atoms with Crippen LogP contribution >= 0.6 is 0 Å². The minimum Gasteiger partial charge on any atom is -0.367 e. The maximum Gasteiger partial charge on any atom is 0.158 e. The summed E-state index contributed by atoms with van der Waals surface area (Å²) in [5.74, 6) is 1.21. The molecule has 0 bridgehead atoms. The van der Waals surface area contributed by atoms with Crippen LogP contribution in [-0.4, -0.2) is 57.1 Å². The summed E-state index contributed by atoms with van der Waals surface area (Å²) in [5, 5.41) is 11.9. The molecule has 2 aromatic heterocycles. The molecular weight excluding hydrogens is 364 g/mol. The third kappa shape index (κ3) is 3.91. The first-order valence-corrected chi connectivity index (χ1v) is 9.62. The lowest BCUT2D eigenvalue weighted by molar-refractivity contribution is 0.283. The molecule has 8 nitrogen and oxygen atoms in total. The van der Waals surface area contributed by atoms with Crippen molar-refractivity contribution < 1.29 is 0 Å². The zero-order chi connectivity index (χ0) is 20.4. The molecule has 2 atom stereocenters. The molecule has 0 aliphatic carbocycles. The van der Waals surface area contributed by atoms with Crippen LogP contribution in [0.25, 0.3) is 5.69 Å². The van der Waals surface area contributed by atoms with Crippen LogP contribution in [0.1, 0.15) is 19.0 Å². The normalized spacial score (nSPS) is 18.8. The molecule has 8 heteroatoms. The molecule has 1 saturated heterocycles. The third-order valence-corrected chi connectivity index (χ3v) is 5.46. The predicted molar refractivity (Wildman–Crippen MR) is 112 cm³/mol. The monoisotopic (exact) mass is 388 g/mol. The lowest BCUT2D eigenvalue weighted by Gasteiger charge is -2.29. The Labute approximate surface area is 170 Å². The first-order chi connectivity index (χ1) is 14.0. The molecule has 0 radical (unpaired) electrons. The number of nitriles is 1. The number of aromatic nitrogens is 4. The number of hydrogen-bond acceptors (Lipinski definition) is 7. The third-order valence-electron chi connectivity index (χ3n) is 5.46. The summed E-state index contributed by atoms with van der Waals surface area (Å²) < 4.78 is 1.96. The number of nitrogens with one attached hydrogen (secondary N) is 1. The van der Waals surface area contributed by atoms with E-state index in [-0.39, 0.29) is 5.69 Å². The first kappa shape index (κ1) is 18.9. The van der Waals surface area contributed by atoms with E-state index in [1.54, 1.807) is 6.33 Å². The second kappa shape index (κ2) is 7.89. The highest BCUT2D eigenvalue weighted by Gasteiger charge is 2.31. The molecule has 1 aliphatic heterocycles. The molecule has 1 aliphatic rings. The van der Waals surface area contributed by atoms with Crippen molar-refractivity contribution >= 4 is 17.3 Å². The van der Waals surface area contributed by atoms with Gasteiger partial charge in [-0.05, 0) is 51.7 Å². The van der Waals surface area contributed by atoms with Crippen molar-refractivity contribution in [2.45, 2.75) is 25.4 Å².